The van der Waals surface area contributed by atoms with E-state index in [9.17, 15) is 4.79 Å². The predicted octanol–water partition coefficient (Wildman–Crippen LogP) is 0.459. The summed E-state index contributed by atoms with van der Waals surface area (Å²) in [5, 5.41) is 13.4. The van der Waals surface area contributed by atoms with Crippen LogP contribution in [0.4, 0.5) is 0 Å². The first-order valence-corrected chi connectivity index (χ1v) is 4.39. The van der Waals surface area contributed by atoms with E-state index in [-0.39, 0.29) is 5.97 Å². The van der Waals surface area contributed by atoms with Crippen LogP contribution in [-0.4, -0.2) is 26.6 Å². The van der Waals surface area contributed by atoms with Gasteiger partial charge in [-0.05, 0) is 6.07 Å². The molecule has 1 aliphatic heterocycles. The summed E-state index contributed by atoms with van der Waals surface area (Å²) in [4.78, 5) is 11.5. The van der Waals surface area contributed by atoms with Crippen molar-refractivity contribution in [2.24, 2.45) is 0 Å². The molecule has 6 heteroatoms. The van der Waals surface area contributed by atoms with Crippen LogP contribution in [0.15, 0.2) is 24.3 Å². The van der Waals surface area contributed by atoms with Gasteiger partial charge in [-0.2, -0.15) is 5.21 Å². The lowest BCUT2D eigenvalue weighted by atomic mass is 10.1. The van der Waals surface area contributed by atoms with Crippen molar-refractivity contribution in [2.75, 3.05) is 0 Å². The molecular formula is C9H6N4O2. The van der Waals surface area contributed by atoms with Gasteiger partial charge < -0.3 is 4.74 Å². The van der Waals surface area contributed by atoms with Crippen molar-refractivity contribution in [3.05, 3.63) is 41.2 Å². The van der Waals surface area contributed by atoms with E-state index in [2.05, 4.69) is 20.6 Å². The summed E-state index contributed by atoms with van der Waals surface area (Å²) < 4.78 is 5.15. The average molecular weight is 202 g/mol. The number of esters is 1. The Morgan fingerprint density at radius 2 is 2.20 bits per heavy atom. The van der Waals surface area contributed by atoms with Crippen LogP contribution < -0.4 is 0 Å². The lowest BCUT2D eigenvalue weighted by Crippen LogP contribution is -2.02. The van der Waals surface area contributed by atoms with E-state index in [0.717, 1.165) is 5.56 Å². The normalized spacial score (nSPS) is 18.7. The Balaban J connectivity index is 2.13. The summed E-state index contributed by atoms with van der Waals surface area (Å²) in [7, 11) is 0. The van der Waals surface area contributed by atoms with Gasteiger partial charge in [-0.25, -0.2) is 4.79 Å². The van der Waals surface area contributed by atoms with Gasteiger partial charge in [-0.3, -0.25) is 0 Å². The van der Waals surface area contributed by atoms with Crippen LogP contribution in [0.1, 0.15) is 27.8 Å². The number of tetrazole rings is 1. The summed E-state index contributed by atoms with van der Waals surface area (Å²) in [6, 6.07) is 7.17. The zero-order valence-electron chi connectivity index (χ0n) is 7.54. The fraction of sp³-hybridized carbons (Fsp3) is 0.111. The Morgan fingerprint density at radius 1 is 1.33 bits per heavy atom. The Labute approximate surface area is 84.3 Å². The molecule has 0 spiro atoms. The summed E-state index contributed by atoms with van der Waals surface area (Å²) in [5.74, 6) is 0.0219. The summed E-state index contributed by atoms with van der Waals surface area (Å²) >= 11 is 0. The van der Waals surface area contributed by atoms with E-state index in [1.54, 1.807) is 12.1 Å². The van der Waals surface area contributed by atoms with E-state index in [1.807, 2.05) is 12.1 Å². The summed E-state index contributed by atoms with van der Waals surface area (Å²) in [6.45, 7) is 0. The second-order valence-electron chi connectivity index (χ2n) is 3.14. The fourth-order valence-corrected chi connectivity index (χ4v) is 1.62. The molecule has 74 valence electrons. The molecule has 2 heterocycles. The van der Waals surface area contributed by atoms with Gasteiger partial charge in [0.05, 0.1) is 5.56 Å². The quantitative estimate of drug-likeness (QED) is 0.679. The van der Waals surface area contributed by atoms with Gasteiger partial charge in [0, 0.05) is 5.56 Å². The van der Waals surface area contributed by atoms with Gasteiger partial charge in [0.1, 0.15) is 0 Å². The third-order valence-electron chi connectivity index (χ3n) is 2.28. The lowest BCUT2D eigenvalue weighted by Gasteiger charge is -2.03. The van der Waals surface area contributed by atoms with Crippen LogP contribution in [0, 0.1) is 0 Å². The maximum absolute atomic E-state index is 11.5. The predicted molar refractivity (Wildman–Crippen MR) is 47.9 cm³/mol. The number of ether oxygens (including phenoxy) is 1. The van der Waals surface area contributed by atoms with Crippen molar-refractivity contribution in [3.8, 4) is 0 Å². The highest BCUT2D eigenvalue weighted by atomic mass is 16.5. The molecule has 3 rings (SSSR count). The number of nitrogens with zero attached hydrogens (tertiary/aromatic N) is 3. The molecule has 1 aliphatic rings. The SMILES string of the molecule is O=C1OC(c2nn[nH]n2)c2ccccc21. The van der Waals surface area contributed by atoms with Crippen LogP contribution in [0.25, 0.3) is 0 Å². The first kappa shape index (κ1) is 8.10. The van der Waals surface area contributed by atoms with Crippen molar-refractivity contribution >= 4 is 5.97 Å². The number of aromatic amines is 1. The monoisotopic (exact) mass is 202 g/mol. The maximum Gasteiger partial charge on any atom is 0.339 e. The molecule has 1 atom stereocenters. The zero-order valence-corrected chi connectivity index (χ0v) is 7.54. The Hall–Kier alpha value is -2.24. The van der Waals surface area contributed by atoms with Gasteiger partial charge in [0.15, 0.2) is 6.10 Å². The largest absolute Gasteiger partial charge is 0.445 e. The smallest absolute Gasteiger partial charge is 0.339 e. The Morgan fingerprint density at radius 3 is 3.00 bits per heavy atom. The number of benzene rings is 1. The molecule has 0 radical (unpaired) electrons. The molecule has 0 saturated heterocycles. The molecule has 1 N–H and O–H groups in total. The third-order valence-corrected chi connectivity index (χ3v) is 2.28. The highest BCUT2D eigenvalue weighted by Crippen LogP contribution is 2.33. The molecular weight excluding hydrogens is 196 g/mol. The van der Waals surface area contributed by atoms with Crippen LogP contribution in [0.3, 0.4) is 0 Å². The molecule has 0 aliphatic carbocycles. The van der Waals surface area contributed by atoms with Crippen LogP contribution in [-0.2, 0) is 4.74 Å². The molecule has 0 saturated carbocycles. The number of H-pyrrole nitrogens is 1. The molecule has 0 fully saturated rings. The van der Waals surface area contributed by atoms with Crippen LogP contribution in [0.2, 0.25) is 0 Å². The minimum atomic E-state index is -0.535. The van der Waals surface area contributed by atoms with E-state index in [0.29, 0.717) is 11.4 Å². The molecule has 0 bridgehead atoms. The van der Waals surface area contributed by atoms with Gasteiger partial charge in [0.2, 0.25) is 5.82 Å². The number of cyclic esters (lactones) is 1. The topological polar surface area (TPSA) is 80.8 Å². The number of hydrogen-bond acceptors (Lipinski definition) is 5. The van der Waals surface area contributed by atoms with Crippen molar-refractivity contribution in [2.45, 2.75) is 6.10 Å². The van der Waals surface area contributed by atoms with E-state index in [1.165, 1.54) is 0 Å². The van der Waals surface area contributed by atoms with Gasteiger partial charge in [-0.1, -0.05) is 23.4 Å². The highest BCUT2D eigenvalue weighted by molar-refractivity contribution is 5.94. The minimum absolute atomic E-state index is 0.347. The average Bonchev–Trinajstić information content (AvgIpc) is 2.87. The maximum atomic E-state index is 11.5. The van der Waals surface area contributed by atoms with Crippen LogP contribution in [0.5, 0.6) is 0 Å². The summed E-state index contributed by atoms with van der Waals surface area (Å²) in [6.07, 6.45) is -0.535. The van der Waals surface area contributed by atoms with E-state index < -0.39 is 6.10 Å². The second kappa shape index (κ2) is 2.88. The first-order valence-electron chi connectivity index (χ1n) is 4.39. The Kier molecular flexibility index (Phi) is 1.55. The molecule has 15 heavy (non-hydrogen) atoms. The van der Waals surface area contributed by atoms with Crippen molar-refractivity contribution < 1.29 is 9.53 Å². The van der Waals surface area contributed by atoms with E-state index >= 15 is 0 Å². The molecule has 1 aromatic carbocycles. The molecule has 1 unspecified atom stereocenters. The van der Waals surface area contributed by atoms with Crippen LogP contribution >= 0.6 is 0 Å². The summed E-state index contributed by atoms with van der Waals surface area (Å²) in [5.41, 5.74) is 1.34. The Bertz CT molecular complexity index is 509. The molecule has 2 aromatic rings. The minimum Gasteiger partial charge on any atom is -0.445 e. The molecule has 6 nitrogen and oxygen atoms in total. The van der Waals surface area contributed by atoms with Crippen molar-refractivity contribution in [1.82, 2.24) is 20.6 Å². The number of hydrogen-bond donors (Lipinski definition) is 1. The number of rotatable bonds is 1. The van der Waals surface area contributed by atoms with Gasteiger partial charge in [-0.15, -0.1) is 10.2 Å². The van der Waals surface area contributed by atoms with Crippen molar-refractivity contribution in [3.63, 3.8) is 0 Å². The molecule has 1 aromatic heterocycles. The number of carbonyl (C=O) groups is 1. The highest BCUT2D eigenvalue weighted by Gasteiger charge is 2.34. The van der Waals surface area contributed by atoms with Gasteiger partial charge in [0.25, 0.3) is 0 Å². The lowest BCUT2D eigenvalue weighted by molar-refractivity contribution is 0.0442. The second-order valence-corrected chi connectivity index (χ2v) is 3.14. The zero-order chi connectivity index (χ0) is 10.3. The standard InChI is InChI=1S/C9H6N4O2/c14-9-6-4-2-1-3-5(6)7(15-9)8-10-12-13-11-8/h1-4,7H,(H,10,11,12,13). The fourth-order valence-electron chi connectivity index (χ4n) is 1.62. The number of fused-ring (bicyclic) bond motifs is 1. The number of nitrogens with one attached hydrogen (secondary N) is 1. The van der Waals surface area contributed by atoms with Crippen molar-refractivity contribution in [1.29, 1.82) is 0 Å². The molecule has 0 amide bonds. The number of carbonyl (C=O) groups excluding carboxylic acids is 1. The van der Waals surface area contributed by atoms with E-state index in [4.69, 9.17) is 4.74 Å². The number of aromatic nitrogens is 4. The van der Waals surface area contributed by atoms with Gasteiger partial charge >= 0.3 is 5.97 Å². The first-order chi connectivity index (χ1) is 7.36. The third kappa shape index (κ3) is 1.11.